The van der Waals surface area contributed by atoms with E-state index in [1.807, 2.05) is 31.2 Å². The molecule has 140 valence electrons. The molecule has 0 radical (unpaired) electrons. The van der Waals surface area contributed by atoms with Crippen LogP contribution >= 0.6 is 23.4 Å². The third kappa shape index (κ3) is 4.28. The summed E-state index contributed by atoms with van der Waals surface area (Å²) in [5.74, 6) is -0.272. The molecular formula is C20H18ClNO4S. The molecule has 1 saturated heterocycles. The maximum absolute atomic E-state index is 12.7. The summed E-state index contributed by atoms with van der Waals surface area (Å²) in [6.45, 7) is 4.35. The molecule has 2 aromatic carbocycles. The molecule has 0 aromatic heterocycles. The second kappa shape index (κ2) is 8.06. The van der Waals surface area contributed by atoms with Crippen molar-refractivity contribution in [2.75, 3.05) is 6.61 Å². The summed E-state index contributed by atoms with van der Waals surface area (Å²) < 4.78 is 5.35. The SMILES string of the molecule is CCOc1cc(/C=C2\SC(=O)N(Cc3ccc(C)cc3)C2=O)cc(Cl)c1O. The number of rotatable bonds is 5. The van der Waals surface area contributed by atoms with Crippen molar-refractivity contribution in [2.24, 2.45) is 0 Å². The van der Waals surface area contributed by atoms with Crippen LogP contribution in [0.2, 0.25) is 5.02 Å². The number of halogens is 1. The van der Waals surface area contributed by atoms with E-state index in [1.165, 1.54) is 11.0 Å². The zero-order chi connectivity index (χ0) is 19.6. The molecular weight excluding hydrogens is 386 g/mol. The fourth-order valence-electron chi connectivity index (χ4n) is 2.61. The van der Waals surface area contributed by atoms with Gasteiger partial charge >= 0.3 is 0 Å². The summed E-state index contributed by atoms with van der Waals surface area (Å²) in [5.41, 5.74) is 2.57. The van der Waals surface area contributed by atoms with E-state index < -0.39 is 0 Å². The fourth-order valence-corrected chi connectivity index (χ4v) is 3.66. The van der Waals surface area contributed by atoms with Gasteiger partial charge in [0.2, 0.25) is 0 Å². The standard InChI is InChI=1S/C20H18ClNO4S/c1-3-26-16-9-14(8-15(21)18(16)23)10-17-19(24)22(20(25)27-17)11-13-6-4-12(2)5-7-13/h4-10,23H,3,11H2,1-2H3/b17-10-. The number of thioether (sulfide) groups is 1. The lowest BCUT2D eigenvalue weighted by Gasteiger charge is -2.12. The van der Waals surface area contributed by atoms with Crippen LogP contribution in [0.25, 0.3) is 6.08 Å². The molecule has 7 heteroatoms. The number of amides is 2. The van der Waals surface area contributed by atoms with E-state index in [9.17, 15) is 14.7 Å². The monoisotopic (exact) mass is 403 g/mol. The molecule has 2 amide bonds. The maximum Gasteiger partial charge on any atom is 0.293 e. The Hall–Kier alpha value is -2.44. The van der Waals surface area contributed by atoms with Gasteiger partial charge in [-0.2, -0.15) is 0 Å². The molecule has 3 rings (SSSR count). The number of carbonyl (C=O) groups excluding carboxylic acids is 2. The fraction of sp³-hybridized carbons (Fsp3) is 0.200. The predicted octanol–water partition coefficient (Wildman–Crippen LogP) is 4.99. The smallest absolute Gasteiger partial charge is 0.293 e. The number of nitrogens with zero attached hydrogens (tertiary/aromatic N) is 1. The Bertz CT molecular complexity index is 924. The third-order valence-corrected chi connectivity index (χ3v) is 5.18. The lowest BCUT2D eigenvalue weighted by molar-refractivity contribution is -0.123. The second-order valence-electron chi connectivity index (χ2n) is 6.04. The average molecular weight is 404 g/mol. The van der Waals surface area contributed by atoms with Gasteiger partial charge in [-0.25, -0.2) is 0 Å². The highest BCUT2D eigenvalue weighted by atomic mass is 35.5. The molecule has 1 fully saturated rings. The Kier molecular flexibility index (Phi) is 5.77. The van der Waals surface area contributed by atoms with Crippen LogP contribution in [0.1, 0.15) is 23.6 Å². The largest absolute Gasteiger partial charge is 0.503 e. The van der Waals surface area contributed by atoms with E-state index >= 15 is 0 Å². The van der Waals surface area contributed by atoms with Crippen LogP contribution < -0.4 is 4.74 Å². The van der Waals surface area contributed by atoms with Crippen molar-refractivity contribution < 1.29 is 19.4 Å². The van der Waals surface area contributed by atoms with Crippen LogP contribution in [0, 0.1) is 6.92 Å². The molecule has 1 heterocycles. The maximum atomic E-state index is 12.7. The van der Waals surface area contributed by atoms with E-state index in [1.54, 1.807) is 19.1 Å². The number of ether oxygens (including phenoxy) is 1. The third-order valence-electron chi connectivity index (χ3n) is 3.98. The van der Waals surface area contributed by atoms with Gasteiger partial charge in [0.05, 0.1) is 23.1 Å². The van der Waals surface area contributed by atoms with Crippen molar-refractivity contribution in [2.45, 2.75) is 20.4 Å². The van der Waals surface area contributed by atoms with Crippen LogP contribution in [-0.4, -0.2) is 27.8 Å². The van der Waals surface area contributed by atoms with Gasteiger partial charge in [-0.05, 0) is 54.9 Å². The van der Waals surface area contributed by atoms with E-state index in [0.717, 1.165) is 22.9 Å². The summed E-state index contributed by atoms with van der Waals surface area (Å²) in [5, 5.41) is 9.72. The summed E-state index contributed by atoms with van der Waals surface area (Å²) >= 11 is 6.91. The zero-order valence-corrected chi connectivity index (χ0v) is 16.4. The van der Waals surface area contributed by atoms with Gasteiger partial charge in [0.25, 0.3) is 11.1 Å². The van der Waals surface area contributed by atoms with Crippen LogP contribution in [0.4, 0.5) is 4.79 Å². The predicted molar refractivity (Wildman–Crippen MR) is 107 cm³/mol. The first-order valence-electron chi connectivity index (χ1n) is 8.35. The van der Waals surface area contributed by atoms with Gasteiger partial charge in [-0.3, -0.25) is 14.5 Å². The second-order valence-corrected chi connectivity index (χ2v) is 7.44. The summed E-state index contributed by atoms with van der Waals surface area (Å²) in [6.07, 6.45) is 1.58. The molecule has 1 aliphatic heterocycles. The van der Waals surface area contributed by atoms with Crippen molar-refractivity contribution in [3.05, 3.63) is 63.0 Å². The average Bonchev–Trinajstić information content (AvgIpc) is 2.88. The summed E-state index contributed by atoms with van der Waals surface area (Å²) in [4.78, 5) is 26.5. The van der Waals surface area contributed by atoms with Crippen molar-refractivity contribution in [1.29, 1.82) is 0 Å². The van der Waals surface area contributed by atoms with E-state index in [4.69, 9.17) is 16.3 Å². The Morgan fingerprint density at radius 2 is 1.93 bits per heavy atom. The minimum absolute atomic E-state index is 0.117. The Labute approximate surface area is 166 Å². The molecule has 27 heavy (non-hydrogen) atoms. The van der Waals surface area contributed by atoms with Crippen LogP contribution in [0.3, 0.4) is 0 Å². The number of hydrogen-bond donors (Lipinski definition) is 1. The van der Waals surface area contributed by atoms with Gasteiger partial charge < -0.3 is 9.84 Å². The highest BCUT2D eigenvalue weighted by Gasteiger charge is 2.35. The summed E-state index contributed by atoms with van der Waals surface area (Å²) in [6, 6.07) is 10.8. The Morgan fingerprint density at radius 1 is 1.22 bits per heavy atom. The highest BCUT2D eigenvalue weighted by Crippen LogP contribution is 2.38. The van der Waals surface area contributed by atoms with Gasteiger partial charge in [-0.1, -0.05) is 41.4 Å². The first-order valence-corrected chi connectivity index (χ1v) is 9.54. The Morgan fingerprint density at radius 3 is 2.59 bits per heavy atom. The number of aryl methyl sites for hydroxylation is 1. The Balaban J connectivity index is 1.85. The van der Waals surface area contributed by atoms with E-state index in [-0.39, 0.29) is 34.2 Å². The van der Waals surface area contributed by atoms with Gasteiger partial charge in [0, 0.05) is 0 Å². The number of hydrogen-bond acceptors (Lipinski definition) is 5. The normalized spacial score (nSPS) is 15.7. The molecule has 1 N–H and O–H groups in total. The minimum Gasteiger partial charge on any atom is -0.503 e. The quantitative estimate of drug-likeness (QED) is 0.712. The zero-order valence-electron chi connectivity index (χ0n) is 14.9. The summed E-state index contributed by atoms with van der Waals surface area (Å²) in [7, 11) is 0. The van der Waals surface area contributed by atoms with E-state index in [0.29, 0.717) is 17.1 Å². The first-order chi connectivity index (χ1) is 12.9. The van der Waals surface area contributed by atoms with Crippen LogP contribution in [0.5, 0.6) is 11.5 Å². The number of carbonyl (C=O) groups is 2. The molecule has 0 atom stereocenters. The number of phenols is 1. The van der Waals surface area contributed by atoms with E-state index in [2.05, 4.69) is 0 Å². The van der Waals surface area contributed by atoms with Gasteiger partial charge in [0.1, 0.15) is 0 Å². The van der Waals surface area contributed by atoms with Crippen LogP contribution in [-0.2, 0) is 11.3 Å². The van der Waals surface area contributed by atoms with Gasteiger partial charge in [-0.15, -0.1) is 0 Å². The number of imide groups is 1. The minimum atomic E-state index is -0.354. The molecule has 1 aliphatic rings. The molecule has 0 spiro atoms. The number of benzene rings is 2. The molecule has 0 saturated carbocycles. The molecule has 2 aromatic rings. The lowest BCUT2D eigenvalue weighted by atomic mass is 10.1. The number of phenolic OH excluding ortho intramolecular Hbond substituents is 1. The van der Waals surface area contributed by atoms with Crippen molar-refractivity contribution in [3.63, 3.8) is 0 Å². The van der Waals surface area contributed by atoms with Crippen molar-refractivity contribution in [3.8, 4) is 11.5 Å². The molecule has 0 unspecified atom stereocenters. The lowest BCUT2D eigenvalue weighted by Crippen LogP contribution is -2.27. The molecule has 5 nitrogen and oxygen atoms in total. The van der Waals surface area contributed by atoms with Crippen molar-refractivity contribution in [1.82, 2.24) is 4.90 Å². The van der Waals surface area contributed by atoms with Crippen molar-refractivity contribution >= 4 is 40.6 Å². The topological polar surface area (TPSA) is 66.8 Å². The molecule has 0 bridgehead atoms. The number of aromatic hydroxyl groups is 1. The van der Waals surface area contributed by atoms with Gasteiger partial charge in [0.15, 0.2) is 11.5 Å². The highest BCUT2D eigenvalue weighted by molar-refractivity contribution is 8.18. The first kappa shape index (κ1) is 19.3. The van der Waals surface area contributed by atoms with Crippen LogP contribution in [0.15, 0.2) is 41.3 Å². The molecule has 0 aliphatic carbocycles.